The van der Waals surface area contributed by atoms with Gasteiger partial charge in [-0.25, -0.2) is 9.67 Å². The lowest BCUT2D eigenvalue weighted by molar-refractivity contribution is 0.445. The molecule has 1 unspecified atom stereocenters. The Morgan fingerprint density at radius 2 is 1.58 bits per heavy atom. The summed E-state index contributed by atoms with van der Waals surface area (Å²) in [5, 5.41) is 7.63. The second-order valence-electron chi connectivity index (χ2n) is 16.1. The van der Waals surface area contributed by atoms with Gasteiger partial charge in [0, 0.05) is 40.6 Å². The lowest BCUT2D eigenvalue weighted by Crippen LogP contribution is -2.18. The van der Waals surface area contributed by atoms with Crippen molar-refractivity contribution in [1.82, 2.24) is 19.3 Å². The standard InChI is InChI=1S/C45H52N4O/c1-27(2)32-22-34(49-44(28(3)4)43(31(7)47-49)42-29(5)14-13-15-30(42)6)25-36(23-32)50-35-18-19-38-37-16-11-12-17-39(37)48(40(38)26-35)41-24-33(20-21-46-41)45(8,9)10/h11-12,14,16-28,30,42H,13,15H2,1-10H3/t30?,42-/m0/s1. The number of rotatable bonds is 7. The minimum atomic E-state index is 0.0113. The van der Waals surface area contributed by atoms with Gasteiger partial charge in [0.15, 0.2) is 0 Å². The van der Waals surface area contributed by atoms with Crippen LogP contribution in [0.2, 0.25) is 0 Å². The molecular weight excluding hydrogens is 613 g/mol. The Labute approximate surface area is 298 Å². The van der Waals surface area contributed by atoms with E-state index in [-0.39, 0.29) is 5.41 Å². The molecule has 3 aromatic carbocycles. The SMILES string of the molecule is CC1=CCCC(C)[C@H]1c1c(C)nn(-c2cc(Oc3ccc4c5ccccc5n(-c5cc(C(C)(C)C)ccn5)c4c3)cc(C(C)C)c2)c1C(C)C. The van der Waals surface area contributed by atoms with Crippen LogP contribution in [-0.4, -0.2) is 19.3 Å². The van der Waals surface area contributed by atoms with Crippen LogP contribution in [0.3, 0.4) is 0 Å². The number of fused-ring (bicyclic) bond motifs is 3. The summed E-state index contributed by atoms with van der Waals surface area (Å²) in [4.78, 5) is 4.87. The third kappa shape index (κ3) is 6.05. The van der Waals surface area contributed by atoms with Crippen molar-refractivity contribution >= 4 is 21.8 Å². The fraction of sp³-hybridized carbons (Fsp3) is 0.378. The molecule has 7 rings (SSSR count). The predicted molar refractivity (Wildman–Crippen MR) is 209 cm³/mol. The van der Waals surface area contributed by atoms with Gasteiger partial charge >= 0.3 is 0 Å². The van der Waals surface area contributed by atoms with Crippen LogP contribution >= 0.6 is 0 Å². The van der Waals surface area contributed by atoms with Crippen LogP contribution in [0.4, 0.5) is 0 Å². The normalized spacial score (nSPS) is 16.9. The Morgan fingerprint density at radius 3 is 2.30 bits per heavy atom. The number of hydrogen-bond donors (Lipinski definition) is 0. The van der Waals surface area contributed by atoms with Crippen LogP contribution in [0, 0.1) is 12.8 Å². The Kier molecular flexibility index (Phi) is 8.74. The number of nitrogens with zero attached hydrogens (tertiary/aromatic N) is 4. The van der Waals surface area contributed by atoms with Gasteiger partial charge in [-0.15, -0.1) is 0 Å². The zero-order chi connectivity index (χ0) is 35.5. The summed E-state index contributed by atoms with van der Waals surface area (Å²) in [7, 11) is 0. The topological polar surface area (TPSA) is 44.9 Å². The molecule has 0 fully saturated rings. The molecule has 0 saturated carbocycles. The molecule has 50 heavy (non-hydrogen) atoms. The Morgan fingerprint density at radius 1 is 0.820 bits per heavy atom. The van der Waals surface area contributed by atoms with Gasteiger partial charge in [0.2, 0.25) is 0 Å². The summed E-state index contributed by atoms with van der Waals surface area (Å²) in [5.74, 6) is 4.14. The first-order valence-corrected chi connectivity index (χ1v) is 18.4. The van der Waals surface area contributed by atoms with Gasteiger partial charge < -0.3 is 4.74 Å². The van der Waals surface area contributed by atoms with Crippen LogP contribution in [0.15, 0.2) is 90.6 Å². The van der Waals surface area contributed by atoms with Crippen LogP contribution in [0.25, 0.3) is 33.3 Å². The average molecular weight is 665 g/mol. The monoisotopic (exact) mass is 664 g/mol. The van der Waals surface area contributed by atoms with Gasteiger partial charge in [-0.2, -0.15) is 5.10 Å². The Bertz CT molecular complexity index is 2240. The van der Waals surface area contributed by atoms with Crippen molar-refractivity contribution in [2.45, 2.75) is 105 Å². The molecule has 0 saturated heterocycles. The van der Waals surface area contributed by atoms with Gasteiger partial charge in [-0.3, -0.25) is 4.57 Å². The highest BCUT2D eigenvalue weighted by molar-refractivity contribution is 6.09. The van der Waals surface area contributed by atoms with E-state index in [9.17, 15) is 0 Å². The molecule has 6 aromatic rings. The van der Waals surface area contributed by atoms with Crippen molar-refractivity contribution < 1.29 is 4.74 Å². The molecule has 1 aliphatic rings. The van der Waals surface area contributed by atoms with E-state index >= 15 is 0 Å². The van der Waals surface area contributed by atoms with E-state index in [1.807, 2.05) is 6.20 Å². The molecule has 0 aliphatic heterocycles. The quantitative estimate of drug-likeness (QED) is 0.160. The summed E-state index contributed by atoms with van der Waals surface area (Å²) in [6.45, 7) is 22.7. The predicted octanol–water partition coefficient (Wildman–Crippen LogP) is 12.5. The fourth-order valence-corrected chi connectivity index (χ4v) is 8.05. The van der Waals surface area contributed by atoms with Gasteiger partial charge in [-0.1, -0.05) is 85.2 Å². The molecule has 0 amide bonds. The van der Waals surface area contributed by atoms with E-state index in [1.165, 1.54) is 45.2 Å². The molecule has 5 heteroatoms. The molecule has 5 nitrogen and oxygen atoms in total. The third-order valence-corrected chi connectivity index (χ3v) is 10.7. The van der Waals surface area contributed by atoms with Crippen LogP contribution in [0.1, 0.15) is 121 Å². The molecule has 0 bridgehead atoms. The maximum absolute atomic E-state index is 6.81. The summed E-state index contributed by atoms with van der Waals surface area (Å²) in [6, 6.07) is 26.0. The fourth-order valence-electron chi connectivity index (χ4n) is 8.05. The number of aryl methyl sites for hydroxylation is 1. The molecule has 1 aliphatic carbocycles. The average Bonchev–Trinajstić information content (AvgIpc) is 3.59. The summed E-state index contributed by atoms with van der Waals surface area (Å²) >= 11 is 0. The van der Waals surface area contributed by atoms with E-state index in [1.54, 1.807) is 0 Å². The smallest absolute Gasteiger partial charge is 0.137 e. The van der Waals surface area contributed by atoms with E-state index in [0.29, 0.717) is 23.7 Å². The van der Waals surface area contributed by atoms with E-state index in [0.717, 1.165) is 46.2 Å². The molecule has 2 atom stereocenters. The van der Waals surface area contributed by atoms with Gasteiger partial charge in [0.05, 0.1) is 28.1 Å². The highest BCUT2D eigenvalue weighted by Gasteiger charge is 2.32. The summed E-state index contributed by atoms with van der Waals surface area (Å²) in [5.41, 5.74) is 11.0. The maximum Gasteiger partial charge on any atom is 0.137 e. The number of pyridine rings is 1. The van der Waals surface area contributed by atoms with Crippen molar-refractivity contribution in [3.05, 3.63) is 119 Å². The molecular formula is C45H52N4O. The van der Waals surface area contributed by atoms with Gasteiger partial charge in [0.25, 0.3) is 0 Å². The molecule has 258 valence electrons. The maximum atomic E-state index is 6.81. The molecule has 0 radical (unpaired) electrons. The van der Waals surface area contributed by atoms with Crippen molar-refractivity contribution in [3.63, 3.8) is 0 Å². The minimum absolute atomic E-state index is 0.0113. The zero-order valence-corrected chi connectivity index (χ0v) is 31.5. The van der Waals surface area contributed by atoms with Crippen molar-refractivity contribution in [1.29, 1.82) is 0 Å². The molecule has 0 spiro atoms. The molecule has 3 heterocycles. The van der Waals surface area contributed by atoms with E-state index in [2.05, 4.69) is 157 Å². The number of hydrogen-bond acceptors (Lipinski definition) is 3. The summed E-state index contributed by atoms with van der Waals surface area (Å²) < 4.78 is 11.3. The summed E-state index contributed by atoms with van der Waals surface area (Å²) in [6.07, 6.45) is 6.74. The third-order valence-electron chi connectivity index (χ3n) is 10.7. The highest BCUT2D eigenvalue weighted by Crippen LogP contribution is 2.44. The number of aromatic nitrogens is 4. The first-order valence-electron chi connectivity index (χ1n) is 18.4. The van der Waals surface area contributed by atoms with Crippen LogP contribution in [-0.2, 0) is 5.41 Å². The Balaban J connectivity index is 1.35. The largest absolute Gasteiger partial charge is 0.457 e. The lowest BCUT2D eigenvalue weighted by Gasteiger charge is -2.30. The second kappa shape index (κ2) is 12.9. The van der Waals surface area contributed by atoms with E-state index in [4.69, 9.17) is 14.8 Å². The first kappa shape index (κ1) is 33.8. The van der Waals surface area contributed by atoms with Crippen molar-refractivity contribution in [2.75, 3.05) is 0 Å². The van der Waals surface area contributed by atoms with E-state index < -0.39 is 0 Å². The molecule has 0 N–H and O–H groups in total. The van der Waals surface area contributed by atoms with Crippen molar-refractivity contribution in [2.24, 2.45) is 5.92 Å². The number of benzene rings is 3. The van der Waals surface area contributed by atoms with Gasteiger partial charge in [-0.05, 0) is 103 Å². The highest BCUT2D eigenvalue weighted by atomic mass is 16.5. The van der Waals surface area contributed by atoms with Crippen LogP contribution < -0.4 is 4.74 Å². The minimum Gasteiger partial charge on any atom is -0.457 e. The molecule has 3 aromatic heterocycles. The first-order chi connectivity index (χ1) is 23.8. The number of allylic oxidation sites excluding steroid dienone is 2. The van der Waals surface area contributed by atoms with Crippen LogP contribution in [0.5, 0.6) is 11.5 Å². The Hall–Kier alpha value is -4.64. The number of ether oxygens (including phenoxy) is 1. The number of para-hydroxylation sites is 1. The van der Waals surface area contributed by atoms with Gasteiger partial charge in [0.1, 0.15) is 17.3 Å². The second-order valence-corrected chi connectivity index (χ2v) is 16.1. The zero-order valence-electron chi connectivity index (χ0n) is 31.5. The van der Waals surface area contributed by atoms with Crippen molar-refractivity contribution in [3.8, 4) is 23.0 Å². The lowest BCUT2D eigenvalue weighted by atomic mass is 9.74.